The van der Waals surface area contributed by atoms with Gasteiger partial charge in [-0.2, -0.15) is 0 Å². The lowest BCUT2D eigenvalue weighted by atomic mass is 10.0. The number of carbonyl (C=O) groups excluding carboxylic acids is 1. The van der Waals surface area contributed by atoms with E-state index in [1.807, 2.05) is 18.2 Å². The quantitative estimate of drug-likeness (QED) is 0.676. The third-order valence-electron chi connectivity index (χ3n) is 5.36. The normalized spacial score (nSPS) is 15.5. The number of hydrogen-bond donors (Lipinski definition) is 1. The van der Waals surface area contributed by atoms with E-state index >= 15 is 0 Å². The highest BCUT2D eigenvalue weighted by Gasteiger charge is 2.26. The van der Waals surface area contributed by atoms with Crippen molar-refractivity contribution < 1.29 is 14.3 Å². The monoisotopic (exact) mass is 415 g/mol. The molecule has 3 rings (SSSR count). The first kappa shape index (κ1) is 22.2. The van der Waals surface area contributed by atoms with E-state index in [9.17, 15) is 4.79 Å². The molecule has 0 unspecified atom stereocenters. The van der Waals surface area contributed by atoms with E-state index in [0.29, 0.717) is 5.92 Å². The Balaban J connectivity index is 1.73. The van der Waals surface area contributed by atoms with Gasteiger partial charge in [0.05, 0.1) is 13.2 Å². The summed E-state index contributed by atoms with van der Waals surface area (Å²) in [5.41, 5.74) is 1.18. The molecule has 2 aromatic rings. The Hall–Kier alpha value is -2.45. The first-order valence-electron chi connectivity index (χ1n) is 10.6. The lowest BCUT2D eigenvalue weighted by Gasteiger charge is -2.22. The fraction of sp³-hybridized carbons (Fsp3) is 0.591. The van der Waals surface area contributed by atoms with Crippen LogP contribution in [0, 0.1) is 5.92 Å². The van der Waals surface area contributed by atoms with Gasteiger partial charge in [-0.1, -0.05) is 32.0 Å². The molecular formula is C22H33N5O3. The third kappa shape index (κ3) is 5.58. The summed E-state index contributed by atoms with van der Waals surface area (Å²) in [6.07, 6.45) is 1.63. The predicted molar refractivity (Wildman–Crippen MR) is 114 cm³/mol. The number of amides is 1. The number of aromatic nitrogens is 3. The van der Waals surface area contributed by atoms with Gasteiger partial charge >= 0.3 is 0 Å². The lowest BCUT2D eigenvalue weighted by molar-refractivity contribution is -0.125. The number of carbonyl (C=O) groups is 1. The molecule has 8 nitrogen and oxygen atoms in total. The minimum absolute atomic E-state index is 0.0439. The SMILES string of the molecule is COCC(=O)N[C@@H](CC(C)C)c1nnc2n1CCN(Cc1ccccc1OC)CC2. The molecule has 8 heteroatoms. The summed E-state index contributed by atoms with van der Waals surface area (Å²) in [4.78, 5) is 14.6. The van der Waals surface area contributed by atoms with Crippen molar-refractivity contribution in [3.63, 3.8) is 0 Å². The van der Waals surface area contributed by atoms with Crippen molar-refractivity contribution in [1.29, 1.82) is 0 Å². The molecule has 1 aliphatic heterocycles. The number of para-hydroxylation sites is 1. The van der Waals surface area contributed by atoms with Crippen LogP contribution in [0.2, 0.25) is 0 Å². The van der Waals surface area contributed by atoms with Crippen LogP contribution in [0.5, 0.6) is 5.75 Å². The average molecular weight is 416 g/mol. The van der Waals surface area contributed by atoms with E-state index in [2.05, 4.69) is 44.9 Å². The average Bonchev–Trinajstić information content (AvgIpc) is 3.02. The number of methoxy groups -OCH3 is 2. The van der Waals surface area contributed by atoms with Crippen LogP contribution in [0.4, 0.5) is 0 Å². The number of hydrogen-bond acceptors (Lipinski definition) is 6. The molecule has 0 bridgehead atoms. The Bertz CT molecular complexity index is 836. The zero-order valence-electron chi connectivity index (χ0n) is 18.4. The maximum atomic E-state index is 12.2. The molecule has 1 aliphatic rings. The van der Waals surface area contributed by atoms with E-state index in [0.717, 1.165) is 56.4 Å². The fourth-order valence-electron chi connectivity index (χ4n) is 3.95. The standard InChI is InChI=1S/C22H33N5O3/c1-16(2)13-18(23-21(28)15-29-3)22-25-24-20-9-10-26(11-12-27(20)22)14-17-7-5-6-8-19(17)30-4/h5-8,16,18H,9-15H2,1-4H3,(H,23,28)/t18-/m0/s1. The molecule has 1 atom stereocenters. The summed E-state index contributed by atoms with van der Waals surface area (Å²) in [5, 5.41) is 12.0. The largest absolute Gasteiger partial charge is 0.496 e. The molecule has 1 aromatic carbocycles. The summed E-state index contributed by atoms with van der Waals surface area (Å²) in [7, 11) is 3.23. The zero-order valence-corrected chi connectivity index (χ0v) is 18.4. The highest BCUT2D eigenvalue weighted by atomic mass is 16.5. The van der Waals surface area contributed by atoms with Crippen molar-refractivity contribution in [3.8, 4) is 5.75 Å². The van der Waals surface area contributed by atoms with Crippen LogP contribution >= 0.6 is 0 Å². The van der Waals surface area contributed by atoms with Crippen molar-refractivity contribution in [3.05, 3.63) is 41.5 Å². The van der Waals surface area contributed by atoms with Gasteiger partial charge in [-0.3, -0.25) is 9.69 Å². The number of benzene rings is 1. The Morgan fingerprint density at radius 1 is 1.17 bits per heavy atom. The molecule has 2 heterocycles. The number of nitrogens with one attached hydrogen (secondary N) is 1. The van der Waals surface area contributed by atoms with Gasteiger partial charge in [0.15, 0.2) is 5.82 Å². The maximum Gasteiger partial charge on any atom is 0.246 e. The van der Waals surface area contributed by atoms with E-state index in [1.165, 1.54) is 12.7 Å². The highest BCUT2D eigenvalue weighted by Crippen LogP contribution is 2.24. The molecular weight excluding hydrogens is 382 g/mol. The van der Waals surface area contributed by atoms with Gasteiger partial charge in [0.25, 0.3) is 0 Å². The molecule has 1 aromatic heterocycles. The smallest absolute Gasteiger partial charge is 0.246 e. The van der Waals surface area contributed by atoms with E-state index in [-0.39, 0.29) is 18.6 Å². The van der Waals surface area contributed by atoms with Gasteiger partial charge in [0.2, 0.25) is 5.91 Å². The molecule has 0 spiro atoms. The van der Waals surface area contributed by atoms with E-state index < -0.39 is 0 Å². The second kappa shape index (κ2) is 10.5. The van der Waals surface area contributed by atoms with Crippen LogP contribution in [0.3, 0.4) is 0 Å². The van der Waals surface area contributed by atoms with Gasteiger partial charge in [-0.15, -0.1) is 10.2 Å². The van der Waals surface area contributed by atoms with Crippen molar-refractivity contribution in [2.24, 2.45) is 5.92 Å². The number of nitrogens with zero attached hydrogens (tertiary/aromatic N) is 4. The Morgan fingerprint density at radius 2 is 1.97 bits per heavy atom. The maximum absolute atomic E-state index is 12.2. The second-order valence-electron chi connectivity index (χ2n) is 8.15. The van der Waals surface area contributed by atoms with E-state index in [1.54, 1.807) is 7.11 Å². The van der Waals surface area contributed by atoms with Crippen LogP contribution in [-0.2, 0) is 29.0 Å². The molecule has 1 amide bonds. The fourth-order valence-corrected chi connectivity index (χ4v) is 3.95. The molecule has 164 valence electrons. The van der Waals surface area contributed by atoms with Crippen molar-refractivity contribution in [1.82, 2.24) is 25.0 Å². The van der Waals surface area contributed by atoms with Gasteiger partial charge in [0.1, 0.15) is 18.2 Å². The molecule has 0 radical (unpaired) electrons. The molecule has 1 N–H and O–H groups in total. The van der Waals surface area contributed by atoms with Crippen molar-refractivity contribution >= 4 is 5.91 Å². The van der Waals surface area contributed by atoms with Crippen LogP contribution in [0.15, 0.2) is 24.3 Å². The highest BCUT2D eigenvalue weighted by molar-refractivity contribution is 5.77. The van der Waals surface area contributed by atoms with Crippen molar-refractivity contribution in [2.45, 2.75) is 45.8 Å². The Labute approximate surface area is 178 Å². The van der Waals surface area contributed by atoms with Gasteiger partial charge in [-0.25, -0.2) is 0 Å². The molecule has 0 saturated heterocycles. The summed E-state index contributed by atoms with van der Waals surface area (Å²) in [5.74, 6) is 3.01. The molecule has 30 heavy (non-hydrogen) atoms. The Kier molecular flexibility index (Phi) is 7.81. The van der Waals surface area contributed by atoms with Crippen LogP contribution in [0.1, 0.15) is 43.5 Å². The van der Waals surface area contributed by atoms with Crippen LogP contribution in [0.25, 0.3) is 0 Å². The van der Waals surface area contributed by atoms with Gasteiger partial charge in [-0.05, 0) is 18.4 Å². The number of rotatable bonds is 9. The molecule has 0 saturated carbocycles. The summed E-state index contributed by atoms with van der Waals surface area (Å²) in [6.45, 7) is 7.74. The first-order chi connectivity index (χ1) is 14.5. The summed E-state index contributed by atoms with van der Waals surface area (Å²) >= 11 is 0. The molecule has 0 fully saturated rings. The minimum Gasteiger partial charge on any atom is -0.496 e. The lowest BCUT2D eigenvalue weighted by Crippen LogP contribution is -2.34. The second-order valence-corrected chi connectivity index (χ2v) is 8.15. The Morgan fingerprint density at radius 3 is 2.70 bits per heavy atom. The van der Waals surface area contributed by atoms with Crippen molar-refractivity contribution in [2.75, 3.05) is 33.9 Å². The summed E-state index contributed by atoms with van der Waals surface area (Å²) < 4.78 is 12.7. The predicted octanol–water partition coefficient (Wildman–Crippen LogP) is 2.19. The first-order valence-corrected chi connectivity index (χ1v) is 10.6. The summed E-state index contributed by atoms with van der Waals surface area (Å²) in [6, 6.07) is 7.97. The molecule has 0 aliphatic carbocycles. The zero-order chi connectivity index (χ0) is 21.5. The number of ether oxygens (including phenoxy) is 2. The third-order valence-corrected chi connectivity index (χ3v) is 5.36. The van der Waals surface area contributed by atoms with Gasteiger partial charge < -0.3 is 19.4 Å². The van der Waals surface area contributed by atoms with E-state index in [4.69, 9.17) is 9.47 Å². The topological polar surface area (TPSA) is 81.5 Å². The van der Waals surface area contributed by atoms with Gasteiger partial charge in [0, 0.05) is 45.3 Å². The van der Waals surface area contributed by atoms with Crippen LogP contribution in [-0.4, -0.2) is 59.5 Å². The van der Waals surface area contributed by atoms with Crippen LogP contribution < -0.4 is 10.1 Å². The minimum atomic E-state index is -0.172. The number of fused-ring (bicyclic) bond motifs is 1.